The molecular formula is C20H18O3Si. The lowest BCUT2D eigenvalue weighted by Crippen LogP contribution is -1.95. The fraction of sp³-hybridized carbons (Fsp3) is 0.100. The number of rotatable bonds is 6. The van der Waals surface area contributed by atoms with Crippen molar-refractivity contribution in [2.45, 2.75) is 13.5 Å². The van der Waals surface area contributed by atoms with Gasteiger partial charge >= 0.3 is 9.76 Å². The van der Waals surface area contributed by atoms with E-state index >= 15 is 0 Å². The molecule has 0 saturated carbocycles. The molecule has 2 radical (unpaired) electrons. The Kier molecular flexibility index (Phi) is 5.18. The molecule has 4 heteroatoms. The molecule has 3 rings (SSSR count). The van der Waals surface area contributed by atoms with E-state index in [2.05, 4.69) is 0 Å². The third-order valence-corrected chi connectivity index (χ3v) is 3.73. The Morgan fingerprint density at radius 2 is 1.08 bits per heavy atom. The number of benzene rings is 3. The van der Waals surface area contributed by atoms with E-state index in [4.69, 9.17) is 13.9 Å². The molecule has 0 saturated heterocycles. The van der Waals surface area contributed by atoms with Gasteiger partial charge in [-0.2, -0.15) is 0 Å². The van der Waals surface area contributed by atoms with Crippen molar-refractivity contribution in [3.8, 4) is 28.7 Å². The average Bonchev–Trinajstić information content (AvgIpc) is 2.56. The van der Waals surface area contributed by atoms with Crippen LogP contribution in [0, 0.1) is 6.92 Å². The molecule has 0 bridgehead atoms. The van der Waals surface area contributed by atoms with Crippen LogP contribution in [0.5, 0.6) is 28.7 Å². The molecule has 0 aliphatic rings. The van der Waals surface area contributed by atoms with Gasteiger partial charge in [-0.15, -0.1) is 0 Å². The smallest absolute Gasteiger partial charge is 0.307 e. The van der Waals surface area contributed by atoms with Crippen LogP contribution in [0.25, 0.3) is 0 Å². The van der Waals surface area contributed by atoms with Gasteiger partial charge in [0.05, 0.1) is 0 Å². The average molecular weight is 334 g/mol. The second-order valence-corrected chi connectivity index (χ2v) is 5.89. The van der Waals surface area contributed by atoms with Crippen molar-refractivity contribution < 1.29 is 13.9 Å². The van der Waals surface area contributed by atoms with Gasteiger partial charge in [0.25, 0.3) is 0 Å². The Morgan fingerprint density at radius 3 is 1.62 bits per heavy atom. The number of ether oxygens (including phenoxy) is 2. The molecular weight excluding hydrogens is 316 g/mol. The SMILES string of the molecule is C[Si]Oc1cccc(Oc2cccc(Oc3cccc(C)c3)c2)c1. The van der Waals surface area contributed by atoms with E-state index in [0.717, 1.165) is 34.3 Å². The Labute approximate surface area is 144 Å². The van der Waals surface area contributed by atoms with Crippen LogP contribution in [0.4, 0.5) is 0 Å². The van der Waals surface area contributed by atoms with Crippen molar-refractivity contribution in [1.29, 1.82) is 0 Å². The predicted molar refractivity (Wildman–Crippen MR) is 96.5 cm³/mol. The fourth-order valence-corrected chi connectivity index (χ4v) is 2.63. The molecule has 0 N–H and O–H groups in total. The zero-order valence-corrected chi connectivity index (χ0v) is 14.7. The molecule has 0 unspecified atom stereocenters. The van der Waals surface area contributed by atoms with E-state index in [0.29, 0.717) is 9.76 Å². The van der Waals surface area contributed by atoms with Crippen molar-refractivity contribution >= 4 is 9.76 Å². The van der Waals surface area contributed by atoms with Gasteiger partial charge in [-0.05, 0) is 55.4 Å². The summed E-state index contributed by atoms with van der Waals surface area (Å²) >= 11 is 0. The lowest BCUT2D eigenvalue weighted by atomic mass is 10.2. The Bertz CT molecular complexity index is 817. The summed E-state index contributed by atoms with van der Waals surface area (Å²) in [4.78, 5) is 0. The van der Waals surface area contributed by atoms with Gasteiger partial charge in [-0.25, -0.2) is 0 Å². The molecule has 120 valence electrons. The van der Waals surface area contributed by atoms with Gasteiger partial charge in [0.15, 0.2) is 0 Å². The molecule has 3 nitrogen and oxygen atoms in total. The number of hydrogen-bond donors (Lipinski definition) is 0. The highest BCUT2D eigenvalue weighted by atomic mass is 28.2. The first-order chi connectivity index (χ1) is 11.7. The Balaban J connectivity index is 1.74. The highest BCUT2D eigenvalue weighted by Crippen LogP contribution is 2.30. The van der Waals surface area contributed by atoms with Crippen LogP contribution in [-0.4, -0.2) is 9.76 Å². The normalized spacial score (nSPS) is 10.2. The lowest BCUT2D eigenvalue weighted by molar-refractivity contribution is 0.458. The van der Waals surface area contributed by atoms with Gasteiger partial charge < -0.3 is 13.9 Å². The third kappa shape index (κ3) is 4.40. The fourth-order valence-electron chi connectivity index (χ4n) is 2.27. The highest BCUT2D eigenvalue weighted by molar-refractivity contribution is 6.26. The molecule has 0 atom stereocenters. The first kappa shape index (κ1) is 16.1. The summed E-state index contributed by atoms with van der Waals surface area (Å²) in [5, 5.41) is 0. The minimum atomic E-state index is 0.405. The maximum absolute atomic E-state index is 5.91. The quantitative estimate of drug-likeness (QED) is 0.547. The lowest BCUT2D eigenvalue weighted by Gasteiger charge is -2.10. The first-order valence-electron chi connectivity index (χ1n) is 7.69. The van der Waals surface area contributed by atoms with Gasteiger partial charge in [0, 0.05) is 12.1 Å². The van der Waals surface area contributed by atoms with E-state index < -0.39 is 0 Å². The van der Waals surface area contributed by atoms with Gasteiger partial charge in [0.2, 0.25) is 0 Å². The third-order valence-electron chi connectivity index (χ3n) is 3.29. The molecule has 0 aromatic heterocycles. The summed E-state index contributed by atoms with van der Waals surface area (Å²) in [6.07, 6.45) is 0. The van der Waals surface area contributed by atoms with Crippen LogP contribution in [0.2, 0.25) is 6.55 Å². The summed E-state index contributed by atoms with van der Waals surface area (Å²) in [7, 11) is 0.405. The minimum absolute atomic E-state index is 0.405. The van der Waals surface area contributed by atoms with Crippen molar-refractivity contribution in [3.05, 3.63) is 78.4 Å². The van der Waals surface area contributed by atoms with Crippen LogP contribution in [0.3, 0.4) is 0 Å². The van der Waals surface area contributed by atoms with Crippen LogP contribution in [-0.2, 0) is 0 Å². The van der Waals surface area contributed by atoms with Crippen LogP contribution >= 0.6 is 0 Å². The molecule has 0 aliphatic heterocycles. The number of aryl methyl sites for hydroxylation is 1. The zero-order chi connectivity index (χ0) is 16.8. The van der Waals surface area contributed by atoms with Crippen LogP contribution in [0.1, 0.15) is 5.56 Å². The first-order valence-corrected chi connectivity index (χ1v) is 9.10. The van der Waals surface area contributed by atoms with E-state index in [1.807, 2.05) is 86.3 Å². The van der Waals surface area contributed by atoms with E-state index in [1.165, 1.54) is 0 Å². The Hall–Kier alpha value is -2.72. The standard InChI is InChI=1S/C20H18O3Si/c1-15-6-3-7-16(12-15)21-17-8-4-9-18(13-17)22-19-10-5-11-20(14-19)23-24-2/h3-14H,1-2H3. The van der Waals surface area contributed by atoms with Crippen LogP contribution < -0.4 is 13.9 Å². The van der Waals surface area contributed by atoms with Gasteiger partial charge in [0.1, 0.15) is 28.7 Å². The second-order valence-electron chi connectivity index (χ2n) is 5.28. The summed E-state index contributed by atoms with van der Waals surface area (Å²) < 4.78 is 17.3. The molecule has 3 aromatic carbocycles. The van der Waals surface area contributed by atoms with Gasteiger partial charge in [-0.3, -0.25) is 0 Å². The van der Waals surface area contributed by atoms with Gasteiger partial charge in [-0.1, -0.05) is 24.3 Å². The zero-order valence-electron chi connectivity index (χ0n) is 13.7. The largest absolute Gasteiger partial charge is 0.541 e. The van der Waals surface area contributed by atoms with Crippen molar-refractivity contribution in [1.82, 2.24) is 0 Å². The molecule has 0 amide bonds. The van der Waals surface area contributed by atoms with Crippen molar-refractivity contribution in [2.24, 2.45) is 0 Å². The van der Waals surface area contributed by atoms with Crippen molar-refractivity contribution in [2.75, 3.05) is 0 Å². The monoisotopic (exact) mass is 334 g/mol. The van der Waals surface area contributed by atoms with E-state index in [1.54, 1.807) is 0 Å². The highest BCUT2D eigenvalue weighted by Gasteiger charge is 2.03. The second kappa shape index (κ2) is 7.70. The summed E-state index contributed by atoms with van der Waals surface area (Å²) in [5.74, 6) is 3.81. The minimum Gasteiger partial charge on any atom is -0.541 e. The van der Waals surface area contributed by atoms with Crippen molar-refractivity contribution in [3.63, 3.8) is 0 Å². The summed E-state index contributed by atoms with van der Waals surface area (Å²) in [6, 6.07) is 23.2. The predicted octanol–water partition coefficient (Wildman–Crippen LogP) is 5.63. The number of hydrogen-bond acceptors (Lipinski definition) is 3. The molecule has 0 fully saturated rings. The topological polar surface area (TPSA) is 27.7 Å². The molecule has 24 heavy (non-hydrogen) atoms. The molecule has 0 heterocycles. The maximum atomic E-state index is 5.91. The maximum Gasteiger partial charge on any atom is 0.307 e. The Morgan fingerprint density at radius 1 is 0.625 bits per heavy atom. The summed E-state index contributed by atoms with van der Waals surface area (Å²) in [6.45, 7) is 4.03. The van der Waals surface area contributed by atoms with E-state index in [9.17, 15) is 0 Å². The van der Waals surface area contributed by atoms with Crippen LogP contribution in [0.15, 0.2) is 72.8 Å². The molecule has 0 aliphatic carbocycles. The molecule has 0 spiro atoms. The molecule has 3 aromatic rings. The summed E-state index contributed by atoms with van der Waals surface area (Å²) in [5.41, 5.74) is 1.16. The van der Waals surface area contributed by atoms with E-state index in [-0.39, 0.29) is 0 Å².